The first-order valence-corrected chi connectivity index (χ1v) is 11.1. The van der Waals surface area contributed by atoms with Crippen molar-refractivity contribution < 1.29 is 27.4 Å². The molecule has 1 unspecified atom stereocenters. The number of amides is 1. The number of nitrogens with zero attached hydrogens (tertiary/aromatic N) is 4. The van der Waals surface area contributed by atoms with Gasteiger partial charge in [0.05, 0.1) is 41.9 Å². The van der Waals surface area contributed by atoms with Crippen molar-refractivity contribution >= 4 is 5.91 Å². The van der Waals surface area contributed by atoms with E-state index >= 15 is 0 Å². The summed E-state index contributed by atoms with van der Waals surface area (Å²) in [6.45, 7) is 3.16. The maximum Gasteiger partial charge on any atom is 0.417 e. The number of carbonyl (C=O) groups is 1. The van der Waals surface area contributed by atoms with Gasteiger partial charge in [0.25, 0.3) is 5.91 Å². The van der Waals surface area contributed by atoms with Gasteiger partial charge in [-0.1, -0.05) is 31.5 Å². The Hall–Kier alpha value is -3.40. The number of alkyl halides is 3. The molecule has 1 atom stereocenters. The third-order valence-corrected chi connectivity index (χ3v) is 5.49. The Morgan fingerprint density at radius 3 is 2.65 bits per heavy atom. The molecule has 0 radical (unpaired) electrons. The normalized spacial score (nSPS) is 16.5. The highest BCUT2D eigenvalue weighted by molar-refractivity contribution is 5.95. The van der Waals surface area contributed by atoms with E-state index in [2.05, 4.69) is 10.1 Å². The highest BCUT2D eigenvalue weighted by atomic mass is 19.4. The maximum atomic E-state index is 13.3. The maximum absolute atomic E-state index is 13.3. The number of halogens is 3. The van der Waals surface area contributed by atoms with Crippen molar-refractivity contribution in [2.45, 2.75) is 32.0 Å². The SMILES string of the molecule is CCCc1c(C(=O)N2CCOC(COc3ccc(C(F)(F)F)cn3)C2)cnn1-c1ccccc1. The molecule has 1 saturated heterocycles. The summed E-state index contributed by atoms with van der Waals surface area (Å²) in [5.41, 5.74) is 1.45. The molecular weight excluding hydrogens is 449 g/mol. The van der Waals surface area contributed by atoms with Crippen LogP contribution in [-0.4, -0.2) is 58.0 Å². The van der Waals surface area contributed by atoms with Gasteiger partial charge in [-0.15, -0.1) is 0 Å². The third kappa shape index (κ3) is 5.39. The molecule has 1 aliphatic heterocycles. The van der Waals surface area contributed by atoms with Crippen molar-refractivity contribution in [3.8, 4) is 11.6 Å². The second-order valence-corrected chi connectivity index (χ2v) is 7.94. The number of hydrogen-bond donors (Lipinski definition) is 0. The number of ether oxygens (including phenoxy) is 2. The number of para-hydroxylation sites is 1. The van der Waals surface area contributed by atoms with E-state index in [0.29, 0.717) is 31.7 Å². The van der Waals surface area contributed by atoms with E-state index in [9.17, 15) is 18.0 Å². The van der Waals surface area contributed by atoms with Crippen LogP contribution < -0.4 is 4.74 Å². The average molecular weight is 474 g/mol. The summed E-state index contributed by atoms with van der Waals surface area (Å²) in [4.78, 5) is 18.8. The number of pyridine rings is 1. The van der Waals surface area contributed by atoms with Crippen LogP contribution in [0.15, 0.2) is 54.9 Å². The Labute approximate surface area is 195 Å². The fraction of sp³-hybridized carbons (Fsp3) is 0.375. The predicted molar refractivity (Wildman–Crippen MR) is 118 cm³/mol. The zero-order chi connectivity index (χ0) is 24.1. The molecule has 0 spiro atoms. The van der Waals surface area contributed by atoms with E-state index in [1.807, 2.05) is 37.3 Å². The van der Waals surface area contributed by atoms with E-state index in [4.69, 9.17) is 9.47 Å². The molecule has 0 bridgehead atoms. The van der Waals surface area contributed by atoms with E-state index in [1.54, 1.807) is 15.8 Å². The van der Waals surface area contributed by atoms with Gasteiger partial charge in [0.1, 0.15) is 12.7 Å². The van der Waals surface area contributed by atoms with E-state index < -0.39 is 17.8 Å². The molecule has 0 aliphatic carbocycles. The van der Waals surface area contributed by atoms with Crippen LogP contribution in [0.1, 0.15) is 35.0 Å². The second kappa shape index (κ2) is 10.3. The molecule has 4 rings (SSSR count). The number of benzene rings is 1. The smallest absolute Gasteiger partial charge is 0.417 e. The molecule has 34 heavy (non-hydrogen) atoms. The van der Waals surface area contributed by atoms with Gasteiger partial charge < -0.3 is 14.4 Å². The molecule has 7 nitrogen and oxygen atoms in total. The largest absolute Gasteiger partial charge is 0.475 e. The van der Waals surface area contributed by atoms with Crippen molar-refractivity contribution in [3.63, 3.8) is 0 Å². The van der Waals surface area contributed by atoms with Gasteiger partial charge in [-0.2, -0.15) is 18.3 Å². The first kappa shape index (κ1) is 23.7. The minimum Gasteiger partial charge on any atom is -0.475 e. The highest BCUT2D eigenvalue weighted by Gasteiger charge is 2.31. The van der Waals surface area contributed by atoms with Crippen LogP contribution in [0.2, 0.25) is 0 Å². The molecular formula is C24H25F3N4O3. The fourth-order valence-electron chi connectivity index (χ4n) is 3.81. The highest BCUT2D eigenvalue weighted by Crippen LogP contribution is 2.29. The van der Waals surface area contributed by atoms with Crippen molar-refractivity contribution in [1.82, 2.24) is 19.7 Å². The van der Waals surface area contributed by atoms with Crippen LogP contribution >= 0.6 is 0 Å². The first-order chi connectivity index (χ1) is 16.4. The predicted octanol–water partition coefficient (Wildman–Crippen LogP) is 4.16. The lowest BCUT2D eigenvalue weighted by Gasteiger charge is -2.32. The number of rotatable bonds is 7. The van der Waals surface area contributed by atoms with Crippen molar-refractivity contribution in [1.29, 1.82) is 0 Å². The summed E-state index contributed by atoms with van der Waals surface area (Å²) in [5, 5.41) is 4.47. The molecule has 1 amide bonds. The Morgan fingerprint density at radius 2 is 1.97 bits per heavy atom. The molecule has 0 N–H and O–H groups in total. The number of morpholine rings is 1. The van der Waals surface area contributed by atoms with Crippen LogP contribution in [-0.2, 0) is 17.3 Å². The van der Waals surface area contributed by atoms with Crippen molar-refractivity contribution in [2.24, 2.45) is 0 Å². The summed E-state index contributed by atoms with van der Waals surface area (Å²) < 4.78 is 51.1. The second-order valence-electron chi connectivity index (χ2n) is 7.94. The lowest BCUT2D eigenvalue weighted by molar-refractivity contribution is -0.137. The van der Waals surface area contributed by atoms with Gasteiger partial charge >= 0.3 is 6.18 Å². The van der Waals surface area contributed by atoms with Crippen LogP contribution in [0, 0.1) is 0 Å². The van der Waals surface area contributed by atoms with E-state index in [0.717, 1.165) is 30.1 Å². The Kier molecular flexibility index (Phi) is 7.16. The van der Waals surface area contributed by atoms with Gasteiger partial charge in [0, 0.05) is 18.8 Å². The molecule has 3 heterocycles. The Balaban J connectivity index is 1.42. The van der Waals surface area contributed by atoms with Crippen LogP contribution in [0.4, 0.5) is 13.2 Å². The fourth-order valence-corrected chi connectivity index (χ4v) is 3.81. The lowest BCUT2D eigenvalue weighted by Crippen LogP contribution is -2.47. The quantitative estimate of drug-likeness (QED) is 0.515. The molecule has 1 aromatic carbocycles. The molecule has 0 saturated carbocycles. The first-order valence-electron chi connectivity index (χ1n) is 11.1. The van der Waals surface area contributed by atoms with Crippen LogP contribution in [0.3, 0.4) is 0 Å². The summed E-state index contributed by atoms with van der Waals surface area (Å²) in [6.07, 6.45) is -0.991. The molecule has 1 fully saturated rings. The number of hydrogen-bond acceptors (Lipinski definition) is 5. The van der Waals surface area contributed by atoms with Crippen molar-refractivity contribution in [3.05, 3.63) is 71.7 Å². The average Bonchev–Trinajstić information content (AvgIpc) is 3.26. The summed E-state index contributed by atoms with van der Waals surface area (Å²) in [5.74, 6) is -0.0685. The van der Waals surface area contributed by atoms with Gasteiger partial charge in [-0.3, -0.25) is 4.79 Å². The summed E-state index contributed by atoms with van der Waals surface area (Å²) in [7, 11) is 0. The number of carbonyl (C=O) groups excluding carboxylic acids is 1. The van der Waals surface area contributed by atoms with E-state index in [-0.39, 0.29) is 18.4 Å². The van der Waals surface area contributed by atoms with Crippen LogP contribution in [0.5, 0.6) is 5.88 Å². The minimum atomic E-state index is -4.45. The molecule has 2 aromatic heterocycles. The van der Waals surface area contributed by atoms with Gasteiger partial charge in [0.15, 0.2) is 0 Å². The van der Waals surface area contributed by atoms with Crippen molar-refractivity contribution in [2.75, 3.05) is 26.3 Å². The summed E-state index contributed by atoms with van der Waals surface area (Å²) >= 11 is 0. The van der Waals surface area contributed by atoms with E-state index in [1.165, 1.54) is 6.07 Å². The molecule has 10 heteroatoms. The zero-order valence-corrected chi connectivity index (χ0v) is 18.7. The topological polar surface area (TPSA) is 69.5 Å². The molecule has 3 aromatic rings. The van der Waals surface area contributed by atoms with Crippen LogP contribution in [0.25, 0.3) is 5.69 Å². The van der Waals surface area contributed by atoms with Gasteiger partial charge in [0.2, 0.25) is 5.88 Å². The Bertz CT molecular complexity index is 1100. The third-order valence-electron chi connectivity index (χ3n) is 5.49. The number of aromatic nitrogens is 3. The van der Waals surface area contributed by atoms with Gasteiger partial charge in [-0.25, -0.2) is 9.67 Å². The minimum absolute atomic E-state index is 0.0627. The monoisotopic (exact) mass is 474 g/mol. The lowest BCUT2D eigenvalue weighted by atomic mass is 10.1. The summed E-state index contributed by atoms with van der Waals surface area (Å²) in [6, 6.07) is 11.7. The zero-order valence-electron chi connectivity index (χ0n) is 18.7. The standard InChI is InChI=1S/C24H25F3N4O3/c1-2-6-21-20(14-29-31(21)18-7-4-3-5-8-18)23(32)30-11-12-33-19(15-30)16-34-22-10-9-17(13-28-22)24(25,26)27/h3-5,7-10,13-14,19H,2,6,11-12,15-16H2,1H3. The Morgan fingerprint density at radius 1 is 1.18 bits per heavy atom. The molecule has 1 aliphatic rings. The molecule has 180 valence electrons. The van der Waals surface area contributed by atoms with Gasteiger partial charge in [-0.05, 0) is 24.6 Å².